The van der Waals surface area contributed by atoms with Crippen molar-refractivity contribution in [3.8, 4) is 40.5 Å². The van der Waals surface area contributed by atoms with E-state index in [0.29, 0.717) is 35.1 Å². The maximum absolute atomic E-state index is 6.79. The number of para-hydroxylation sites is 6. The molecular formula is C52H37BN6O2. The fraction of sp³-hybridized carbons (Fsp3) is 0.0385. The second-order valence-corrected chi connectivity index (χ2v) is 15.0. The predicted molar refractivity (Wildman–Crippen MR) is 249 cm³/mol. The topological polar surface area (TPSA) is 79.4 Å². The van der Waals surface area contributed by atoms with Crippen molar-refractivity contribution in [1.82, 2.24) is 24.1 Å². The van der Waals surface area contributed by atoms with Gasteiger partial charge in [0.1, 0.15) is 17.2 Å². The van der Waals surface area contributed by atoms with Crippen LogP contribution in [0.1, 0.15) is 12.5 Å². The average molecular weight is 789 g/mol. The number of rotatable bonds is 8. The molecule has 0 amide bonds. The summed E-state index contributed by atoms with van der Waals surface area (Å²) in [7, 11) is 0. The molecule has 0 N–H and O–H groups in total. The zero-order chi connectivity index (χ0) is 40.9. The van der Waals surface area contributed by atoms with Crippen LogP contribution >= 0.6 is 0 Å². The first-order chi connectivity index (χ1) is 30.1. The van der Waals surface area contributed by atoms with Gasteiger partial charge < -0.3 is 9.47 Å². The van der Waals surface area contributed by atoms with E-state index >= 15 is 0 Å². The van der Waals surface area contributed by atoms with Gasteiger partial charge in [0.2, 0.25) is 17.8 Å². The van der Waals surface area contributed by atoms with E-state index in [1.54, 1.807) is 0 Å². The number of aryl methyl sites for hydroxylation is 1. The van der Waals surface area contributed by atoms with Gasteiger partial charge in [-0.3, -0.25) is 14.0 Å². The quantitative estimate of drug-likeness (QED) is 0.113. The first-order valence-electron chi connectivity index (χ1n) is 20.4. The number of ether oxygens (including phenoxy) is 2. The fourth-order valence-corrected chi connectivity index (χ4v) is 8.48. The molecule has 0 bridgehead atoms. The van der Waals surface area contributed by atoms with Gasteiger partial charge in [-0.15, -0.1) is 0 Å². The van der Waals surface area contributed by atoms with Crippen LogP contribution in [0.15, 0.2) is 193 Å². The molecule has 9 heteroatoms. The Morgan fingerprint density at radius 3 is 1.64 bits per heavy atom. The Kier molecular flexibility index (Phi) is 8.85. The highest BCUT2D eigenvalue weighted by atomic mass is 16.5. The van der Waals surface area contributed by atoms with Gasteiger partial charge in [-0.05, 0) is 91.0 Å². The Labute approximate surface area is 352 Å². The third kappa shape index (κ3) is 6.26. The normalized spacial score (nSPS) is 12.8. The van der Waals surface area contributed by atoms with Crippen molar-refractivity contribution >= 4 is 67.3 Å². The van der Waals surface area contributed by atoms with Gasteiger partial charge in [0.05, 0.1) is 22.1 Å². The maximum atomic E-state index is 6.79. The summed E-state index contributed by atoms with van der Waals surface area (Å²) in [5, 5.41) is 4.53. The molecule has 61 heavy (non-hydrogen) atoms. The molecule has 0 unspecified atom stereocenters. The van der Waals surface area contributed by atoms with Crippen molar-refractivity contribution in [2.24, 2.45) is 4.90 Å². The zero-order valence-corrected chi connectivity index (χ0v) is 33.5. The number of hydrogen-bond acceptors (Lipinski definition) is 6. The molecule has 0 aliphatic carbocycles. The van der Waals surface area contributed by atoms with Crippen LogP contribution in [0.2, 0.25) is 0 Å². The molecule has 290 valence electrons. The van der Waals surface area contributed by atoms with E-state index < -0.39 is 0 Å². The van der Waals surface area contributed by atoms with E-state index in [1.165, 1.54) is 0 Å². The highest BCUT2D eigenvalue weighted by molar-refractivity contribution is 6.86. The van der Waals surface area contributed by atoms with E-state index in [1.807, 2.05) is 79.8 Å². The number of allylic oxidation sites excluding steroid dienone is 3. The SMILES string of the molecule is C/C=C\C=C/C1=NB(c2ccccc2Oc2ccc(-c3nc(-n4c5ccccc5c5ccccc54)nc(-n4c5ccccc5c5ccccc54)n3)cc2C)c2ccccc2O1. The van der Waals surface area contributed by atoms with Gasteiger partial charge in [-0.1, -0.05) is 127 Å². The summed E-state index contributed by atoms with van der Waals surface area (Å²) in [5.74, 6) is 4.35. The average Bonchev–Trinajstić information content (AvgIpc) is 3.83. The first kappa shape index (κ1) is 36.1. The molecule has 10 aromatic rings. The minimum absolute atomic E-state index is 0.324. The monoisotopic (exact) mass is 788 g/mol. The predicted octanol–water partition coefficient (Wildman–Crippen LogP) is 10.9. The lowest BCUT2D eigenvalue weighted by atomic mass is 9.50. The highest BCUT2D eigenvalue weighted by Gasteiger charge is 2.31. The van der Waals surface area contributed by atoms with Gasteiger partial charge in [0.15, 0.2) is 5.82 Å². The molecule has 0 atom stereocenters. The number of hydrogen-bond donors (Lipinski definition) is 0. The fourth-order valence-electron chi connectivity index (χ4n) is 8.48. The number of benzene rings is 7. The second-order valence-electron chi connectivity index (χ2n) is 15.0. The molecule has 4 heterocycles. The highest BCUT2D eigenvalue weighted by Crippen LogP contribution is 2.35. The number of nitrogens with zero attached hydrogens (tertiary/aromatic N) is 6. The van der Waals surface area contributed by atoms with Crippen molar-refractivity contribution in [3.63, 3.8) is 0 Å². The molecule has 0 spiro atoms. The summed E-state index contributed by atoms with van der Waals surface area (Å²) in [6, 6.07) is 55.8. The Morgan fingerprint density at radius 2 is 1.07 bits per heavy atom. The summed E-state index contributed by atoms with van der Waals surface area (Å²) in [6.45, 7) is 3.71. The third-order valence-electron chi connectivity index (χ3n) is 11.3. The standard InChI is InChI=1S/C52H37BN6O2/c1-3-4-5-30-49-57-53(41-23-11-17-29-48(41)61-49)40-22-10-16-28-47(40)60-46-32-31-35(33-34(46)2)50-54-51(58-42-24-12-6-18-36(42)37-19-7-13-25-43(37)58)56-52(55-50)59-44-26-14-8-20-38(44)39-21-9-15-27-45(39)59/h3-33H,1-2H3/b4-3-,30-5-. The lowest BCUT2D eigenvalue weighted by Gasteiger charge is -2.23. The minimum Gasteiger partial charge on any atom is -0.458 e. The van der Waals surface area contributed by atoms with Gasteiger partial charge in [-0.2, -0.15) is 15.0 Å². The molecule has 7 aromatic carbocycles. The zero-order valence-electron chi connectivity index (χ0n) is 33.5. The van der Waals surface area contributed by atoms with Crippen LogP contribution in [0.3, 0.4) is 0 Å². The largest absolute Gasteiger partial charge is 0.458 e. The molecule has 1 aliphatic rings. The Balaban J connectivity index is 1.04. The van der Waals surface area contributed by atoms with Gasteiger partial charge in [-0.25, -0.2) is 0 Å². The Morgan fingerprint density at radius 1 is 0.541 bits per heavy atom. The van der Waals surface area contributed by atoms with Crippen molar-refractivity contribution in [3.05, 3.63) is 194 Å². The van der Waals surface area contributed by atoms with Crippen LogP contribution in [0.4, 0.5) is 0 Å². The number of fused-ring (bicyclic) bond motifs is 7. The molecule has 3 aromatic heterocycles. The van der Waals surface area contributed by atoms with Crippen molar-refractivity contribution < 1.29 is 9.47 Å². The molecule has 0 saturated carbocycles. The van der Waals surface area contributed by atoms with Gasteiger partial charge in [0.25, 0.3) is 0 Å². The van der Waals surface area contributed by atoms with Crippen LogP contribution < -0.4 is 20.4 Å². The first-order valence-corrected chi connectivity index (χ1v) is 20.4. The lowest BCUT2D eigenvalue weighted by molar-refractivity contribution is 0.482. The summed E-state index contributed by atoms with van der Waals surface area (Å²) < 4.78 is 17.3. The van der Waals surface area contributed by atoms with Crippen molar-refractivity contribution in [1.29, 1.82) is 0 Å². The Hall–Kier alpha value is -8.04. The third-order valence-corrected chi connectivity index (χ3v) is 11.3. The Bertz CT molecular complexity index is 3200. The van der Waals surface area contributed by atoms with Gasteiger partial charge in [0, 0.05) is 27.1 Å². The lowest BCUT2D eigenvalue weighted by Crippen LogP contribution is -2.46. The summed E-state index contributed by atoms with van der Waals surface area (Å²) in [6.07, 6.45) is 7.74. The van der Waals surface area contributed by atoms with Crippen molar-refractivity contribution in [2.75, 3.05) is 0 Å². The van der Waals surface area contributed by atoms with Gasteiger partial charge >= 0.3 is 6.85 Å². The van der Waals surface area contributed by atoms with Crippen LogP contribution in [0, 0.1) is 6.92 Å². The van der Waals surface area contributed by atoms with Crippen LogP contribution in [-0.4, -0.2) is 36.8 Å². The van der Waals surface area contributed by atoms with E-state index in [2.05, 4.69) is 131 Å². The summed E-state index contributed by atoms with van der Waals surface area (Å²) in [5.41, 5.74) is 7.75. The molecule has 8 nitrogen and oxygen atoms in total. The molecule has 0 saturated heterocycles. The molecular weight excluding hydrogens is 751 g/mol. The maximum Gasteiger partial charge on any atom is 0.356 e. The second kappa shape index (κ2) is 15.0. The smallest absolute Gasteiger partial charge is 0.356 e. The van der Waals surface area contributed by atoms with Crippen LogP contribution in [0.5, 0.6) is 17.2 Å². The summed E-state index contributed by atoms with van der Waals surface area (Å²) in [4.78, 5) is 20.8. The van der Waals surface area contributed by atoms with E-state index in [9.17, 15) is 0 Å². The van der Waals surface area contributed by atoms with Crippen LogP contribution in [-0.2, 0) is 0 Å². The van der Waals surface area contributed by atoms with E-state index in [0.717, 1.165) is 71.4 Å². The molecule has 0 fully saturated rings. The summed E-state index contributed by atoms with van der Waals surface area (Å²) >= 11 is 0. The van der Waals surface area contributed by atoms with Crippen LogP contribution in [0.25, 0.3) is 66.9 Å². The minimum atomic E-state index is -0.324. The van der Waals surface area contributed by atoms with E-state index in [-0.39, 0.29) is 6.85 Å². The molecule has 1 aliphatic heterocycles. The number of aromatic nitrogens is 5. The van der Waals surface area contributed by atoms with Crippen molar-refractivity contribution in [2.45, 2.75) is 13.8 Å². The molecule has 0 radical (unpaired) electrons. The van der Waals surface area contributed by atoms with E-state index in [4.69, 9.17) is 29.3 Å². The molecule has 11 rings (SSSR count).